The van der Waals surface area contributed by atoms with E-state index in [0.717, 1.165) is 43.4 Å². The summed E-state index contributed by atoms with van der Waals surface area (Å²) in [6, 6.07) is 10.3. The van der Waals surface area contributed by atoms with Crippen molar-refractivity contribution >= 4 is 28.3 Å². The lowest BCUT2D eigenvalue weighted by molar-refractivity contribution is -0.117. The van der Waals surface area contributed by atoms with E-state index in [0.29, 0.717) is 11.7 Å². The molecule has 2 aromatic heterocycles. The predicted octanol–water partition coefficient (Wildman–Crippen LogP) is 3.66. The van der Waals surface area contributed by atoms with Crippen molar-refractivity contribution in [3.05, 3.63) is 53.7 Å². The molecule has 8 heteroatoms. The van der Waals surface area contributed by atoms with E-state index in [4.69, 9.17) is 0 Å². The zero-order valence-corrected chi connectivity index (χ0v) is 19.0. The molecule has 0 unspecified atom stereocenters. The molecule has 3 aromatic rings. The van der Waals surface area contributed by atoms with Gasteiger partial charge in [0.25, 0.3) is 0 Å². The van der Waals surface area contributed by atoms with Crippen LogP contribution in [0.25, 0.3) is 11.3 Å². The topological polar surface area (TPSA) is 74.2 Å². The summed E-state index contributed by atoms with van der Waals surface area (Å²) in [6.45, 7) is 10.2. The van der Waals surface area contributed by atoms with Gasteiger partial charge >= 0.3 is 0 Å². The second-order valence-electron chi connectivity index (χ2n) is 8.73. The Kier molecular flexibility index (Phi) is 6.29. The highest BCUT2D eigenvalue weighted by Gasteiger charge is 2.21. The summed E-state index contributed by atoms with van der Waals surface area (Å²) in [5.41, 5.74) is 3.36. The molecule has 3 heterocycles. The van der Waals surface area contributed by atoms with Crippen molar-refractivity contribution in [1.82, 2.24) is 19.9 Å². The molecule has 1 amide bonds. The summed E-state index contributed by atoms with van der Waals surface area (Å²) in [5, 5.41) is 5.57. The second kappa shape index (κ2) is 9.11. The summed E-state index contributed by atoms with van der Waals surface area (Å²) in [4.78, 5) is 30.0. The second-order valence-corrected chi connectivity index (χ2v) is 9.58. The normalized spacial score (nSPS) is 15.1. The number of thiazole rings is 1. The maximum Gasteiger partial charge on any atom is 0.240 e. The zero-order chi connectivity index (χ0) is 21.8. The summed E-state index contributed by atoms with van der Waals surface area (Å²) in [5.74, 6) is 0.714. The lowest BCUT2D eigenvalue weighted by atomic mass is 9.86. The van der Waals surface area contributed by atoms with Crippen LogP contribution in [0.2, 0.25) is 0 Å². The van der Waals surface area contributed by atoms with Gasteiger partial charge in [-0.2, -0.15) is 0 Å². The number of carbonyl (C=O) groups excluding carboxylic acids is 1. The molecule has 1 aliphatic rings. The predicted molar refractivity (Wildman–Crippen MR) is 126 cm³/mol. The van der Waals surface area contributed by atoms with Crippen LogP contribution in [0.4, 0.5) is 11.1 Å². The van der Waals surface area contributed by atoms with Gasteiger partial charge in [-0.3, -0.25) is 9.69 Å². The fraction of sp³-hybridized carbons (Fsp3) is 0.391. The number of carbonyl (C=O) groups is 1. The third-order valence-corrected chi connectivity index (χ3v) is 6.13. The maximum atomic E-state index is 12.5. The molecule has 31 heavy (non-hydrogen) atoms. The Bertz CT molecular complexity index is 1000. The number of anilines is 2. The van der Waals surface area contributed by atoms with Gasteiger partial charge in [-0.25, -0.2) is 15.0 Å². The lowest BCUT2D eigenvalue weighted by Gasteiger charge is -2.34. The molecule has 0 saturated carbocycles. The van der Waals surface area contributed by atoms with E-state index >= 15 is 0 Å². The smallest absolute Gasteiger partial charge is 0.240 e. The van der Waals surface area contributed by atoms with E-state index in [2.05, 4.69) is 75.1 Å². The van der Waals surface area contributed by atoms with Gasteiger partial charge in [0, 0.05) is 49.5 Å². The molecule has 1 aliphatic heterocycles. The Morgan fingerprint density at radius 2 is 1.74 bits per heavy atom. The third kappa shape index (κ3) is 5.45. The van der Waals surface area contributed by atoms with Gasteiger partial charge in [-0.05, 0) is 17.0 Å². The Hall–Kier alpha value is -2.84. The Morgan fingerprint density at radius 1 is 1.06 bits per heavy atom. The Balaban J connectivity index is 1.29. The fourth-order valence-corrected chi connectivity index (χ4v) is 4.26. The van der Waals surface area contributed by atoms with Crippen molar-refractivity contribution in [1.29, 1.82) is 0 Å². The van der Waals surface area contributed by atoms with Crippen LogP contribution in [0.3, 0.4) is 0 Å². The molecule has 0 spiro atoms. The molecule has 0 radical (unpaired) electrons. The standard InChI is InChI=1S/C23H28N6OS/c1-23(2,3)18-7-5-17(6-8-18)19-16-31-22(26-19)27-20(30)15-28-11-13-29(14-12-28)21-24-9-4-10-25-21/h4-10,16H,11-15H2,1-3H3,(H,26,27,30). The summed E-state index contributed by atoms with van der Waals surface area (Å²) >= 11 is 1.46. The average Bonchev–Trinajstić information content (AvgIpc) is 3.23. The minimum absolute atomic E-state index is 0.0339. The number of nitrogens with one attached hydrogen (secondary N) is 1. The molecule has 4 rings (SSSR count). The summed E-state index contributed by atoms with van der Waals surface area (Å²) in [6.07, 6.45) is 3.51. The highest BCUT2D eigenvalue weighted by molar-refractivity contribution is 7.14. The zero-order valence-electron chi connectivity index (χ0n) is 18.2. The molecule has 1 aromatic carbocycles. The summed E-state index contributed by atoms with van der Waals surface area (Å²) < 4.78 is 0. The molecular weight excluding hydrogens is 408 g/mol. The minimum atomic E-state index is -0.0339. The van der Waals surface area contributed by atoms with E-state index in [-0.39, 0.29) is 11.3 Å². The van der Waals surface area contributed by atoms with E-state index in [1.807, 2.05) is 11.4 Å². The number of piperazine rings is 1. The molecule has 1 fully saturated rings. The minimum Gasteiger partial charge on any atom is -0.338 e. The Morgan fingerprint density at radius 3 is 2.39 bits per heavy atom. The van der Waals surface area contributed by atoms with Crippen molar-refractivity contribution in [3.8, 4) is 11.3 Å². The highest BCUT2D eigenvalue weighted by Crippen LogP contribution is 2.28. The number of hydrogen-bond donors (Lipinski definition) is 1. The molecule has 7 nitrogen and oxygen atoms in total. The first-order valence-electron chi connectivity index (χ1n) is 10.5. The van der Waals surface area contributed by atoms with Crippen LogP contribution < -0.4 is 10.2 Å². The van der Waals surface area contributed by atoms with Gasteiger partial charge in [0.1, 0.15) is 0 Å². The molecule has 0 atom stereocenters. The van der Waals surface area contributed by atoms with E-state index < -0.39 is 0 Å². The number of amides is 1. The number of benzene rings is 1. The number of aromatic nitrogens is 3. The monoisotopic (exact) mass is 436 g/mol. The lowest BCUT2D eigenvalue weighted by Crippen LogP contribution is -2.49. The van der Waals surface area contributed by atoms with Gasteiger partial charge in [-0.15, -0.1) is 11.3 Å². The Labute approximate surface area is 187 Å². The van der Waals surface area contributed by atoms with Crippen LogP contribution in [0.5, 0.6) is 0 Å². The molecule has 1 saturated heterocycles. The van der Waals surface area contributed by atoms with Crippen molar-refractivity contribution in [2.24, 2.45) is 0 Å². The third-order valence-electron chi connectivity index (χ3n) is 5.37. The molecule has 162 valence electrons. The average molecular weight is 437 g/mol. The highest BCUT2D eigenvalue weighted by atomic mass is 32.1. The van der Waals surface area contributed by atoms with Crippen LogP contribution in [0.1, 0.15) is 26.3 Å². The van der Waals surface area contributed by atoms with Crippen molar-refractivity contribution in [3.63, 3.8) is 0 Å². The molecular formula is C23H28N6OS. The molecule has 0 aliphatic carbocycles. The van der Waals surface area contributed by atoms with Gasteiger partial charge in [0.15, 0.2) is 5.13 Å². The van der Waals surface area contributed by atoms with Gasteiger partial charge < -0.3 is 10.2 Å². The van der Waals surface area contributed by atoms with Crippen LogP contribution in [0.15, 0.2) is 48.1 Å². The first-order chi connectivity index (χ1) is 14.9. The fourth-order valence-electron chi connectivity index (χ4n) is 3.53. The van der Waals surface area contributed by atoms with Crippen LogP contribution in [-0.2, 0) is 10.2 Å². The largest absolute Gasteiger partial charge is 0.338 e. The van der Waals surface area contributed by atoms with E-state index in [9.17, 15) is 4.79 Å². The number of rotatable bonds is 5. The SMILES string of the molecule is CC(C)(C)c1ccc(-c2csc(NC(=O)CN3CCN(c4ncccn4)CC3)n2)cc1. The van der Waals surface area contributed by atoms with Gasteiger partial charge in [0.2, 0.25) is 11.9 Å². The van der Waals surface area contributed by atoms with Crippen molar-refractivity contribution in [2.45, 2.75) is 26.2 Å². The van der Waals surface area contributed by atoms with E-state index in [1.54, 1.807) is 12.4 Å². The maximum absolute atomic E-state index is 12.5. The first-order valence-corrected chi connectivity index (χ1v) is 11.4. The first kappa shape index (κ1) is 21.4. The quantitative estimate of drug-likeness (QED) is 0.658. The molecule has 1 N–H and O–H groups in total. The van der Waals surface area contributed by atoms with Gasteiger partial charge in [-0.1, -0.05) is 45.0 Å². The van der Waals surface area contributed by atoms with E-state index in [1.165, 1.54) is 16.9 Å². The van der Waals surface area contributed by atoms with Crippen molar-refractivity contribution in [2.75, 3.05) is 42.9 Å². The summed E-state index contributed by atoms with van der Waals surface area (Å²) in [7, 11) is 0. The van der Waals surface area contributed by atoms with Gasteiger partial charge in [0.05, 0.1) is 12.2 Å². The van der Waals surface area contributed by atoms with Crippen LogP contribution in [0, 0.1) is 0 Å². The van der Waals surface area contributed by atoms with Crippen LogP contribution >= 0.6 is 11.3 Å². The number of nitrogens with zero attached hydrogens (tertiary/aromatic N) is 5. The number of hydrogen-bond acceptors (Lipinski definition) is 7. The van der Waals surface area contributed by atoms with Crippen molar-refractivity contribution < 1.29 is 4.79 Å². The van der Waals surface area contributed by atoms with Crippen LogP contribution in [-0.4, -0.2) is 58.5 Å². The molecule has 0 bridgehead atoms.